The highest BCUT2D eigenvalue weighted by Gasteiger charge is 2.54. The first-order valence-electron chi connectivity index (χ1n) is 10.3. The fourth-order valence-corrected chi connectivity index (χ4v) is 3.13. The Morgan fingerprint density at radius 3 is 1.83 bits per heavy atom. The Balaban J connectivity index is 2.33. The summed E-state index contributed by atoms with van der Waals surface area (Å²) in [5, 5.41) is 10.8. The van der Waals surface area contributed by atoms with Gasteiger partial charge < -0.3 is 33.2 Å². The van der Waals surface area contributed by atoms with Gasteiger partial charge >= 0.3 is 30.0 Å². The quantitative estimate of drug-likeness (QED) is 0.158. The van der Waals surface area contributed by atoms with Gasteiger partial charge in [0.1, 0.15) is 18.5 Å². The van der Waals surface area contributed by atoms with Crippen molar-refractivity contribution < 1.29 is 62.1 Å². The molecule has 1 aromatic carbocycles. The minimum absolute atomic E-state index is 0.128. The largest absolute Gasteiger partial charge is 0.516 e. The molecule has 1 aliphatic heterocycles. The maximum Gasteiger partial charge on any atom is 0.516 e. The highest BCUT2D eigenvalue weighted by molar-refractivity contribution is 5.69. The van der Waals surface area contributed by atoms with E-state index in [2.05, 4.69) is 0 Å². The molecular weight excluding hydrogens is 490 g/mol. The SMILES string of the molecule is CC(=O)OC[C@H]1O[C@@H](OC(=O)Oc2ccc([N+](=O)[O-])cc2)[C@H](OC(C)=O)[C@@H](OC(C)=O)[C@H]1OC(C)=O. The highest BCUT2D eigenvalue weighted by Crippen LogP contribution is 2.30. The van der Waals surface area contributed by atoms with Crippen LogP contribution in [0.4, 0.5) is 10.5 Å². The molecule has 1 fully saturated rings. The molecule has 15 heteroatoms. The Morgan fingerprint density at radius 2 is 1.33 bits per heavy atom. The zero-order chi connectivity index (χ0) is 27.0. The average molecular weight is 513 g/mol. The van der Waals surface area contributed by atoms with Crippen molar-refractivity contribution >= 4 is 35.7 Å². The van der Waals surface area contributed by atoms with Crippen LogP contribution < -0.4 is 4.74 Å². The van der Waals surface area contributed by atoms with Crippen LogP contribution in [0.25, 0.3) is 0 Å². The number of hydrogen-bond acceptors (Lipinski definition) is 14. The molecule has 0 N–H and O–H groups in total. The molecule has 0 saturated carbocycles. The summed E-state index contributed by atoms with van der Waals surface area (Å²) in [6.45, 7) is 3.69. The summed E-state index contributed by atoms with van der Waals surface area (Å²) in [4.78, 5) is 69.1. The first kappa shape index (κ1) is 28.0. The lowest BCUT2D eigenvalue weighted by Gasteiger charge is -2.43. The van der Waals surface area contributed by atoms with Crippen molar-refractivity contribution in [2.75, 3.05) is 6.61 Å². The highest BCUT2D eigenvalue weighted by atomic mass is 16.8. The Hall–Kier alpha value is -4.27. The van der Waals surface area contributed by atoms with Crippen molar-refractivity contribution in [3.8, 4) is 5.75 Å². The topological polar surface area (TPSA) is 193 Å². The van der Waals surface area contributed by atoms with Gasteiger partial charge in [-0.3, -0.25) is 29.3 Å². The molecule has 36 heavy (non-hydrogen) atoms. The van der Waals surface area contributed by atoms with Crippen molar-refractivity contribution in [3.63, 3.8) is 0 Å². The number of hydrogen-bond donors (Lipinski definition) is 0. The summed E-state index contributed by atoms with van der Waals surface area (Å²) in [5.74, 6) is -3.43. The molecule has 2 rings (SSSR count). The molecule has 15 nitrogen and oxygen atoms in total. The van der Waals surface area contributed by atoms with E-state index in [9.17, 15) is 34.1 Å². The summed E-state index contributed by atoms with van der Waals surface area (Å²) in [6.07, 6.45) is -9.09. The van der Waals surface area contributed by atoms with Crippen LogP contribution in [0.5, 0.6) is 5.75 Å². The number of nitro groups is 1. The Kier molecular flexibility index (Phi) is 9.66. The number of benzene rings is 1. The number of nitrogens with zero attached hydrogens (tertiary/aromatic N) is 1. The van der Waals surface area contributed by atoms with Gasteiger partial charge in [-0.15, -0.1) is 0 Å². The maximum atomic E-state index is 12.4. The molecule has 0 radical (unpaired) electrons. The Labute approximate surface area is 203 Å². The van der Waals surface area contributed by atoms with E-state index in [1.807, 2.05) is 0 Å². The van der Waals surface area contributed by atoms with Crippen LogP contribution in [0.3, 0.4) is 0 Å². The zero-order valence-corrected chi connectivity index (χ0v) is 19.6. The second-order valence-corrected chi connectivity index (χ2v) is 7.29. The molecule has 1 heterocycles. The third-order valence-corrected chi connectivity index (χ3v) is 4.41. The monoisotopic (exact) mass is 513 g/mol. The van der Waals surface area contributed by atoms with Crippen molar-refractivity contribution in [3.05, 3.63) is 34.4 Å². The average Bonchev–Trinajstić information content (AvgIpc) is 2.76. The molecule has 1 saturated heterocycles. The molecule has 0 aromatic heterocycles. The fraction of sp³-hybridized carbons (Fsp3) is 0.476. The third kappa shape index (κ3) is 8.19. The predicted octanol–water partition coefficient (Wildman–Crippen LogP) is 1.19. The first-order chi connectivity index (χ1) is 16.9. The second-order valence-electron chi connectivity index (χ2n) is 7.29. The minimum Gasteiger partial charge on any atom is -0.463 e. The maximum absolute atomic E-state index is 12.4. The summed E-state index contributed by atoms with van der Waals surface area (Å²) in [5.41, 5.74) is -0.254. The van der Waals surface area contributed by atoms with Crippen LogP contribution in [0.2, 0.25) is 0 Å². The molecule has 0 aliphatic carbocycles. The van der Waals surface area contributed by atoms with Crippen LogP contribution in [0.15, 0.2) is 24.3 Å². The van der Waals surface area contributed by atoms with Gasteiger partial charge in [0.25, 0.3) is 5.69 Å². The Morgan fingerprint density at radius 1 is 0.806 bits per heavy atom. The van der Waals surface area contributed by atoms with Gasteiger partial charge in [-0.1, -0.05) is 0 Å². The van der Waals surface area contributed by atoms with Gasteiger partial charge in [0.05, 0.1) is 4.92 Å². The van der Waals surface area contributed by atoms with E-state index < -0.39 is 72.3 Å². The van der Waals surface area contributed by atoms with Crippen LogP contribution in [-0.2, 0) is 47.6 Å². The van der Waals surface area contributed by atoms with Crippen LogP contribution in [0.1, 0.15) is 27.7 Å². The lowest BCUT2D eigenvalue weighted by Crippen LogP contribution is -2.63. The minimum atomic E-state index is -1.78. The summed E-state index contributed by atoms with van der Waals surface area (Å²) < 4.78 is 36.1. The van der Waals surface area contributed by atoms with E-state index in [0.29, 0.717) is 0 Å². The summed E-state index contributed by atoms with van der Waals surface area (Å²) >= 11 is 0. The van der Waals surface area contributed by atoms with Crippen molar-refractivity contribution in [2.24, 2.45) is 0 Å². The van der Waals surface area contributed by atoms with E-state index in [0.717, 1.165) is 52.0 Å². The van der Waals surface area contributed by atoms with Crippen molar-refractivity contribution in [2.45, 2.75) is 58.4 Å². The third-order valence-electron chi connectivity index (χ3n) is 4.41. The number of carbonyl (C=O) groups excluding carboxylic acids is 5. The number of nitro benzene ring substituents is 1. The lowest BCUT2D eigenvalue weighted by atomic mass is 9.98. The zero-order valence-electron chi connectivity index (χ0n) is 19.6. The number of carbonyl (C=O) groups is 5. The van der Waals surface area contributed by atoms with Crippen molar-refractivity contribution in [1.82, 2.24) is 0 Å². The lowest BCUT2D eigenvalue weighted by molar-refractivity contribution is -0.384. The molecule has 0 spiro atoms. The number of ether oxygens (including phenoxy) is 7. The van der Waals surface area contributed by atoms with Gasteiger partial charge in [0.2, 0.25) is 12.4 Å². The smallest absolute Gasteiger partial charge is 0.463 e. The number of rotatable bonds is 8. The fourth-order valence-electron chi connectivity index (χ4n) is 3.13. The second kappa shape index (κ2) is 12.4. The summed E-state index contributed by atoms with van der Waals surface area (Å²) in [7, 11) is 0. The Bertz CT molecular complexity index is 1010. The van der Waals surface area contributed by atoms with Crippen molar-refractivity contribution in [1.29, 1.82) is 0 Å². The van der Waals surface area contributed by atoms with Crippen LogP contribution in [0, 0.1) is 10.1 Å². The molecule has 196 valence electrons. The van der Waals surface area contributed by atoms with Gasteiger partial charge in [0.15, 0.2) is 12.2 Å². The number of non-ortho nitro benzene ring substituents is 1. The molecule has 1 aliphatic rings. The summed E-state index contributed by atoms with van der Waals surface area (Å²) in [6, 6.07) is 4.42. The van der Waals surface area contributed by atoms with Gasteiger partial charge in [-0.25, -0.2) is 4.79 Å². The van der Waals surface area contributed by atoms with Gasteiger partial charge in [-0.05, 0) is 12.1 Å². The van der Waals surface area contributed by atoms with Crippen LogP contribution >= 0.6 is 0 Å². The molecule has 0 bridgehead atoms. The molecular formula is C21H23NO14. The van der Waals surface area contributed by atoms with E-state index in [1.165, 1.54) is 0 Å². The molecule has 0 unspecified atom stereocenters. The number of esters is 4. The molecule has 1 aromatic rings. The van der Waals surface area contributed by atoms with Gasteiger partial charge in [-0.2, -0.15) is 0 Å². The van der Waals surface area contributed by atoms with Gasteiger partial charge in [0, 0.05) is 39.8 Å². The van der Waals surface area contributed by atoms with E-state index in [-0.39, 0.29) is 11.4 Å². The molecule has 5 atom stereocenters. The van der Waals surface area contributed by atoms with Crippen LogP contribution in [-0.4, -0.2) is 72.3 Å². The normalized spacial score (nSPS) is 22.9. The van der Waals surface area contributed by atoms with E-state index in [4.69, 9.17) is 33.2 Å². The molecule has 0 amide bonds. The first-order valence-corrected chi connectivity index (χ1v) is 10.3. The van der Waals surface area contributed by atoms with E-state index >= 15 is 0 Å². The standard InChI is InChI=1S/C21H23NO14/c1-10(23)30-9-16-17(31-11(2)24)18(32-12(3)25)19(33-13(4)26)20(35-16)36-21(27)34-15-7-5-14(6-8-15)22(28)29/h5-8,16-20H,9H2,1-4H3/t16-,17+,18+,19-,20+/m1/s1. The predicted molar refractivity (Wildman–Crippen MR) is 112 cm³/mol. The van der Waals surface area contributed by atoms with E-state index in [1.54, 1.807) is 0 Å².